The van der Waals surface area contributed by atoms with Crippen LogP contribution in [0.15, 0.2) is 0 Å². The van der Waals surface area contributed by atoms with Crippen LogP contribution in [0.4, 0.5) is 4.79 Å². The Labute approximate surface area is 207 Å². The quantitative estimate of drug-likeness (QED) is 0.182. The minimum atomic E-state index is -0.648. The van der Waals surface area contributed by atoms with E-state index in [1.165, 1.54) is 0 Å². The number of likely N-dealkylation sites (tertiary alicyclic amines) is 1. The van der Waals surface area contributed by atoms with Crippen LogP contribution in [0.25, 0.3) is 0 Å². The number of ether oxygens (including phenoxy) is 3. The van der Waals surface area contributed by atoms with Crippen LogP contribution in [0.3, 0.4) is 0 Å². The average molecular weight is 497 g/mol. The van der Waals surface area contributed by atoms with Gasteiger partial charge in [0, 0.05) is 52.4 Å². The van der Waals surface area contributed by atoms with Crippen LogP contribution in [-0.2, 0) is 23.8 Å². The Balaban J connectivity index is 1.43. The molecular formula is C23H40N6O6. The van der Waals surface area contributed by atoms with E-state index in [0.29, 0.717) is 51.7 Å². The minimum absolute atomic E-state index is 0.0206. The highest BCUT2D eigenvalue weighted by Crippen LogP contribution is 2.22. The van der Waals surface area contributed by atoms with E-state index in [2.05, 4.69) is 4.90 Å². The van der Waals surface area contributed by atoms with Gasteiger partial charge in [0.05, 0.1) is 26.2 Å². The number of piperazine rings is 1. The fourth-order valence-corrected chi connectivity index (χ4v) is 5.01. The van der Waals surface area contributed by atoms with E-state index in [4.69, 9.17) is 25.4 Å². The molecule has 0 radical (unpaired) electrons. The third-order valence-electron chi connectivity index (χ3n) is 6.92. The zero-order valence-corrected chi connectivity index (χ0v) is 20.9. The topological polar surface area (TPSA) is 142 Å². The average Bonchev–Trinajstić information content (AvgIpc) is 3.17. The molecule has 0 aromatic heterocycles. The van der Waals surface area contributed by atoms with E-state index >= 15 is 0 Å². The van der Waals surface area contributed by atoms with Crippen molar-refractivity contribution < 1.29 is 28.6 Å². The van der Waals surface area contributed by atoms with Gasteiger partial charge in [-0.15, -0.1) is 0 Å². The summed E-state index contributed by atoms with van der Waals surface area (Å²) in [5, 5.41) is 7.55. The number of hydrogen-bond donors (Lipinski definition) is 2. The number of nitrogens with two attached hydrogens (primary N) is 1. The zero-order valence-electron chi connectivity index (χ0n) is 20.9. The van der Waals surface area contributed by atoms with Gasteiger partial charge >= 0.3 is 18.0 Å². The van der Waals surface area contributed by atoms with Crippen LogP contribution in [0.1, 0.15) is 33.1 Å². The maximum atomic E-state index is 12.5. The molecule has 12 nitrogen and oxygen atoms in total. The van der Waals surface area contributed by atoms with Crippen LogP contribution in [0.5, 0.6) is 0 Å². The highest BCUT2D eigenvalue weighted by molar-refractivity contribution is 5.82. The minimum Gasteiger partial charge on any atom is -0.466 e. The molecule has 35 heavy (non-hydrogen) atoms. The third-order valence-corrected chi connectivity index (χ3v) is 6.92. The highest BCUT2D eigenvalue weighted by Gasteiger charge is 2.37. The van der Waals surface area contributed by atoms with Gasteiger partial charge in [0.2, 0.25) is 0 Å². The molecule has 3 N–H and O–H groups in total. The largest absolute Gasteiger partial charge is 0.466 e. The van der Waals surface area contributed by atoms with Gasteiger partial charge in [-0.1, -0.05) is 0 Å². The summed E-state index contributed by atoms with van der Waals surface area (Å²) < 4.78 is 15.9. The lowest BCUT2D eigenvalue weighted by Crippen LogP contribution is -2.54. The normalized spacial score (nSPS) is 23.1. The Morgan fingerprint density at radius 2 is 1.71 bits per heavy atom. The predicted molar refractivity (Wildman–Crippen MR) is 128 cm³/mol. The summed E-state index contributed by atoms with van der Waals surface area (Å²) in [7, 11) is 0. The Bertz CT molecular complexity index is 751. The summed E-state index contributed by atoms with van der Waals surface area (Å²) >= 11 is 0. The van der Waals surface area contributed by atoms with Crippen molar-refractivity contribution >= 4 is 24.0 Å². The molecule has 3 heterocycles. The van der Waals surface area contributed by atoms with Crippen molar-refractivity contribution in [3.63, 3.8) is 0 Å². The lowest BCUT2D eigenvalue weighted by molar-refractivity contribution is -0.157. The van der Waals surface area contributed by atoms with Crippen molar-refractivity contribution in [2.75, 3.05) is 72.1 Å². The summed E-state index contributed by atoms with van der Waals surface area (Å²) in [6.45, 7) is 10.0. The molecule has 0 aromatic rings. The number of guanidine groups is 1. The Morgan fingerprint density at radius 3 is 2.31 bits per heavy atom. The van der Waals surface area contributed by atoms with Crippen molar-refractivity contribution in [2.45, 2.75) is 45.3 Å². The van der Waals surface area contributed by atoms with E-state index in [-0.39, 0.29) is 37.8 Å². The van der Waals surface area contributed by atoms with Crippen LogP contribution >= 0.6 is 0 Å². The smallest absolute Gasteiger partial charge is 0.410 e. The Hall–Kier alpha value is -2.60. The number of piperidine rings is 1. The maximum Gasteiger partial charge on any atom is 0.410 e. The summed E-state index contributed by atoms with van der Waals surface area (Å²) in [6, 6.07) is -0.648. The molecule has 0 aliphatic carbocycles. The standard InChI is InChI=1S/C23H40N6O6/c1-3-33-20(30)13-19(21(31)34-4-2)27-11-9-26(10-12-27)15-18-16-29(23(32)35-18)14-17-5-7-28(8-6-17)22(24)25/h17-19H,3-16H2,1-2H3,(H3,24,25). The number of esters is 2. The Morgan fingerprint density at radius 1 is 1.06 bits per heavy atom. The van der Waals surface area contributed by atoms with Gasteiger partial charge in [-0.2, -0.15) is 0 Å². The second kappa shape index (κ2) is 12.9. The van der Waals surface area contributed by atoms with Crippen LogP contribution < -0.4 is 5.73 Å². The van der Waals surface area contributed by atoms with E-state index < -0.39 is 18.0 Å². The monoisotopic (exact) mass is 496 g/mol. The SMILES string of the molecule is CCOC(=O)CC(C(=O)OCC)N1CCN(CC2CN(CC3CCN(C(=N)N)CC3)C(=O)O2)CC1. The van der Waals surface area contributed by atoms with Gasteiger partial charge in [0.15, 0.2) is 5.96 Å². The van der Waals surface area contributed by atoms with Crippen molar-refractivity contribution in [2.24, 2.45) is 11.7 Å². The van der Waals surface area contributed by atoms with Gasteiger partial charge in [-0.3, -0.25) is 24.8 Å². The molecule has 2 unspecified atom stereocenters. The van der Waals surface area contributed by atoms with Crippen molar-refractivity contribution in [3.05, 3.63) is 0 Å². The number of carbonyl (C=O) groups is 3. The molecule has 3 aliphatic heterocycles. The molecule has 2 atom stereocenters. The van der Waals surface area contributed by atoms with Crippen LogP contribution in [0.2, 0.25) is 0 Å². The van der Waals surface area contributed by atoms with E-state index in [1.807, 2.05) is 9.80 Å². The fourth-order valence-electron chi connectivity index (χ4n) is 5.01. The second-order valence-electron chi connectivity index (χ2n) is 9.34. The zero-order chi connectivity index (χ0) is 25.4. The number of nitrogens with one attached hydrogen (secondary N) is 1. The van der Waals surface area contributed by atoms with Gasteiger partial charge in [0.25, 0.3) is 0 Å². The van der Waals surface area contributed by atoms with Crippen molar-refractivity contribution in [3.8, 4) is 0 Å². The number of amides is 1. The first kappa shape index (κ1) is 27.0. The first-order chi connectivity index (χ1) is 16.8. The number of nitrogens with zero attached hydrogens (tertiary/aromatic N) is 4. The Kier molecular flexibility index (Phi) is 9.96. The predicted octanol–water partition coefficient (Wildman–Crippen LogP) is -0.0848. The highest BCUT2D eigenvalue weighted by atomic mass is 16.6. The molecule has 0 aromatic carbocycles. The van der Waals surface area contributed by atoms with Gasteiger partial charge < -0.3 is 29.7 Å². The molecule has 0 saturated carbocycles. The number of hydrogen-bond acceptors (Lipinski definition) is 9. The second-order valence-corrected chi connectivity index (χ2v) is 9.34. The molecule has 3 aliphatic rings. The first-order valence-electron chi connectivity index (χ1n) is 12.6. The summed E-state index contributed by atoms with van der Waals surface area (Å²) in [4.78, 5) is 44.8. The first-order valence-corrected chi connectivity index (χ1v) is 12.6. The molecule has 12 heteroatoms. The van der Waals surface area contributed by atoms with Crippen molar-refractivity contribution in [1.82, 2.24) is 19.6 Å². The van der Waals surface area contributed by atoms with Crippen molar-refractivity contribution in [1.29, 1.82) is 5.41 Å². The van der Waals surface area contributed by atoms with Gasteiger partial charge in [0.1, 0.15) is 12.1 Å². The summed E-state index contributed by atoms with van der Waals surface area (Å²) in [6.07, 6.45) is 1.34. The lowest BCUT2D eigenvalue weighted by atomic mass is 9.96. The molecular weight excluding hydrogens is 456 g/mol. The fraction of sp³-hybridized carbons (Fsp3) is 0.826. The molecule has 1 amide bonds. The number of carbonyl (C=O) groups excluding carboxylic acids is 3. The molecule has 3 fully saturated rings. The molecule has 3 saturated heterocycles. The lowest BCUT2D eigenvalue weighted by Gasteiger charge is -2.38. The number of cyclic esters (lactones) is 1. The molecule has 0 bridgehead atoms. The number of rotatable bonds is 10. The molecule has 0 spiro atoms. The molecule has 3 rings (SSSR count). The van der Waals surface area contributed by atoms with E-state index in [1.54, 1.807) is 18.7 Å². The maximum absolute atomic E-state index is 12.5. The van der Waals surface area contributed by atoms with E-state index in [0.717, 1.165) is 25.9 Å². The van der Waals surface area contributed by atoms with Gasteiger partial charge in [-0.25, -0.2) is 4.79 Å². The van der Waals surface area contributed by atoms with E-state index in [9.17, 15) is 14.4 Å². The molecule has 198 valence electrons. The van der Waals surface area contributed by atoms with Gasteiger partial charge in [-0.05, 0) is 32.6 Å². The van der Waals surface area contributed by atoms with Crippen LogP contribution in [0, 0.1) is 11.3 Å². The van der Waals surface area contributed by atoms with Crippen LogP contribution in [-0.4, -0.2) is 128 Å². The summed E-state index contributed by atoms with van der Waals surface area (Å²) in [5.74, 6) is -0.306. The summed E-state index contributed by atoms with van der Waals surface area (Å²) in [5.41, 5.74) is 5.57. The third kappa shape index (κ3) is 7.69.